The molecule has 172 valence electrons. The maximum absolute atomic E-state index is 13.6. The molecule has 7 heteroatoms. The quantitative estimate of drug-likeness (QED) is 0.415. The van der Waals surface area contributed by atoms with Crippen LogP contribution in [0.15, 0.2) is 60.0 Å². The van der Waals surface area contributed by atoms with Crippen molar-refractivity contribution in [2.45, 2.75) is 32.2 Å². The van der Waals surface area contributed by atoms with E-state index in [-0.39, 0.29) is 30.2 Å². The Morgan fingerprint density at radius 3 is 2.55 bits per heavy atom. The lowest BCUT2D eigenvalue weighted by Crippen LogP contribution is -2.47. The SMILES string of the molecule is CCCCN(CC(=O)N1CCc2sccc2C1c1ccc(F)cc1)C(=O)c1ccc(Cl)cc1. The molecular weight excluding hydrogens is 459 g/mol. The first kappa shape index (κ1) is 23.5. The number of thiophene rings is 1. The Balaban J connectivity index is 1.60. The zero-order valence-electron chi connectivity index (χ0n) is 18.5. The van der Waals surface area contributed by atoms with Crippen LogP contribution >= 0.6 is 22.9 Å². The number of benzene rings is 2. The van der Waals surface area contributed by atoms with Crippen LogP contribution in [0.3, 0.4) is 0 Å². The summed E-state index contributed by atoms with van der Waals surface area (Å²) in [4.78, 5) is 31.5. The van der Waals surface area contributed by atoms with Gasteiger partial charge >= 0.3 is 0 Å². The van der Waals surface area contributed by atoms with E-state index in [0.717, 1.165) is 30.4 Å². The second-order valence-electron chi connectivity index (χ2n) is 8.18. The van der Waals surface area contributed by atoms with Crippen LogP contribution in [0.4, 0.5) is 4.39 Å². The molecule has 0 saturated carbocycles. The number of carbonyl (C=O) groups is 2. The molecular formula is C26H26ClFN2O2S. The molecule has 1 aliphatic heterocycles. The number of nitrogens with zero attached hydrogens (tertiary/aromatic N) is 2. The van der Waals surface area contributed by atoms with Crippen LogP contribution in [-0.2, 0) is 11.2 Å². The fourth-order valence-corrected chi connectivity index (χ4v) is 5.25. The normalized spacial score (nSPS) is 15.2. The topological polar surface area (TPSA) is 40.6 Å². The van der Waals surface area contributed by atoms with Crippen LogP contribution in [0.1, 0.15) is 52.2 Å². The lowest BCUT2D eigenvalue weighted by atomic mass is 9.93. The summed E-state index contributed by atoms with van der Waals surface area (Å²) in [5, 5.41) is 2.59. The monoisotopic (exact) mass is 484 g/mol. The summed E-state index contributed by atoms with van der Waals surface area (Å²) in [5.41, 5.74) is 2.46. The first-order valence-electron chi connectivity index (χ1n) is 11.1. The van der Waals surface area contributed by atoms with Gasteiger partial charge in [-0.2, -0.15) is 0 Å². The van der Waals surface area contributed by atoms with E-state index in [1.807, 2.05) is 16.3 Å². The zero-order valence-corrected chi connectivity index (χ0v) is 20.0. The fraction of sp³-hybridized carbons (Fsp3) is 0.308. The van der Waals surface area contributed by atoms with Crippen molar-refractivity contribution >= 4 is 34.8 Å². The summed E-state index contributed by atoms with van der Waals surface area (Å²) in [5.74, 6) is -0.600. The molecule has 33 heavy (non-hydrogen) atoms. The molecule has 1 aliphatic rings. The van der Waals surface area contributed by atoms with Crippen LogP contribution in [-0.4, -0.2) is 41.2 Å². The number of fused-ring (bicyclic) bond motifs is 1. The molecule has 0 fully saturated rings. The minimum absolute atomic E-state index is 0.00136. The van der Waals surface area contributed by atoms with Gasteiger partial charge in [0.05, 0.1) is 6.04 Å². The van der Waals surface area contributed by atoms with E-state index in [1.165, 1.54) is 17.0 Å². The standard InChI is InChI=1S/C26H26ClFN2O2S/c1-2-3-14-29(26(32)19-4-8-20(27)9-5-19)17-24(31)30-15-12-23-22(13-16-33-23)25(30)18-6-10-21(28)11-7-18/h4-11,13,16,25H,2-3,12,14-15,17H2,1H3. The van der Waals surface area contributed by atoms with Gasteiger partial charge in [0.15, 0.2) is 0 Å². The number of halogens is 2. The molecule has 1 atom stereocenters. The van der Waals surface area contributed by atoms with E-state index in [1.54, 1.807) is 52.6 Å². The zero-order chi connectivity index (χ0) is 23.4. The minimum atomic E-state index is -0.308. The van der Waals surface area contributed by atoms with E-state index in [0.29, 0.717) is 23.7 Å². The number of hydrogen-bond donors (Lipinski definition) is 0. The van der Waals surface area contributed by atoms with Gasteiger partial charge in [0.1, 0.15) is 12.4 Å². The Kier molecular flexibility index (Phi) is 7.46. The highest BCUT2D eigenvalue weighted by Crippen LogP contribution is 2.38. The smallest absolute Gasteiger partial charge is 0.254 e. The number of rotatable bonds is 7. The second-order valence-corrected chi connectivity index (χ2v) is 9.61. The van der Waals surface area contributed by atoms with E-state index in [4.69, 9.17) is 11.6 Å². The van der Waals surface area contributed by atoms with Gasteiger partial charge in [0.2, 0.25) is 5.91 Å². The summed E-state index contributed by atoms with van der Waals surface area (Å²) in [6, 6.07) is 14.8. The molecule has 2 amide bonds. The molecule has 0 radical (unpaired) electrons. The predicted octanol–water partition coefficient (Wildman–Crippen LogP) is 5.96. The van der Waals surface area contributed by atoms with Gasteiger partial charge in [-0.15, -0.1) is 11.3 Å². The summed E-state index contributed by atoms with van der Waals surface area (Å²) in [6.07, 6.45) is 2.50. The molecule has 2 aromatic carbocycles. The molecule has 4 rings (SSSR count). The van der Waals surface area contributed by atoms with Gasteiger partial charge in [0.25, 0.3) is 5.91 Å². The molecule has 0 aliphatic carbocycles. The summed E-state index contributed by atoms with van der Waals surface area (Å²) in [7, 11) is 0. The molecule has 4 nitrogen and oxygen atoms in total. The number of amides is 2. The van der Waals surface area contributed by atoms with E-state index < -0.39 is 0 Å². The highest BCUT2D eigenvalue weighted by Gasteiger charge is 2.34. The van der Waals surface area contributed by atoms with Gasteiger partial charge in [-0.25, -0.2) is 4.39 Å². The maximum Gasteiger partial charge on any atom is 0.254 e. The Morgan fingerprint density at radius 2 is 1.85 bits per heavy atom. The molecule has 1 aromatic heterocycles. The van der Waals surface area contributed by atoms with Crippen molar-refractivity contribution in [3.05, 3.63) is 92.4 Å². The highest BCUT2D eigenvalue weighted by atomic mass is 35.5. The lowest BCUT2D eigenvalue weighted by Gasteiger charge is -2.37. The van der Waals surface area contributed by atoms with Crippen molar-refractivity contribution in [1.29, 1.82) is 0 Å². The molecule has 0 bridgehead atoms. The predicted molar refractivity (Wildman–Crippen MR) is 130 cm³/mol. The Bertz CT molecular complexity index is 1110. The van der Waals surface area contributed by atoms with Crippen LogP contribution in [0.25, 0.3) is 0 Å². The molecule has 0 spiro atoms. The largest absolute Gasteiger partial charge is 0.330 e. The summed E-state index contributed by atoms with van der Waals surface area (Å²) >= 11 is 7.65. The van der Waals surface area contributed by atoms with Crippen molar-refractivity contribution in [3.63, 3.8) is 0 Å². The molecule has 1 unspecified atom stereocenters. The molecule has 0 saturated heterocycles. The van der Waals surface area contributed by atoms with Gasteiger partial charge < -0.3 is 9.80 Å². The Morgan fingerprint density at radius 1 is 1.12 bits per heavy atom. The van der Waals surface area contributed by atoms with E-state index in [2.05, 4.69) is 6.92 Å². The molecule has 0 N–H and O–H groups in total. The van der Waals surface area contributed by atoms with Crippen LogP contribution in [0, 0.1) is 5.82 Å². The first-order chi connectivity index (χ1) is 16.0. The lowest BCUT2D eigenvalue weighted by molar-refractivity contribution is -0.134. The first-order valence-corrected chi connectivity index (χ1v) is 12.4. The van der Waals surface area contributed by atoms with Crippen molar-refractivity contribution in [2.75, 3.05) is 19.6 Å². The van der Waals surface area contributed by atoms with Gasteiger partial charge in [0, 0.05) is 28.6 Å². The van der Waals surface area contributed by atoms with Crippen molar-refractivity contribution < 1.29 is 14.0 Å². The summed E-state index contributed by atoms with van der Waals surface area (Å²) < 4.78 is 13.6. The minimum Gasteiger partial charge on any atom is -0.330 e. The Hall–Kier alpha value is -2.70. The van der Waals surface area contributed by atoms with E-state index >= 15 is 0 Å². The van der Waals surface area contributed by atoms with Crippen LogP contribution in [0.5, 0.6) is 0 Å². The van der Waals surface area contributed by atoms with E-state index in [9.17, 15) is 14.0 Å². The van der Waals surface area contributed by atoms with Crippen molar-refractivity contribution in [1.82, 2.24) is 9.80 Å². The molecule has 2 heterocycles. The molecule has 3 aromatic rings. The number of carbonyl (C=O) groups excluding carboxylic acids is 2. The van der Waals surface area contributed by atoms with Crippen LogP contribution in [0.2, 0.25) is 5.02 Å². The number of hydrogen-bond acceptors (Lipinski definition) is 3. The average molecular weight is 485 g/mol. The second kappa shape index (κ2) is 10.5. The highest BCUT2D eigenvalue weighted by molar-refractivity contribution is 7.10. The van der Waals surface area contributed by atoms with Crippen molar-refractivity contribution in [2.24, 2.45) is 0 Å². The van der Waals surface area contributed by atoms with Gasteiger partial charge in [-0.05, 0) is 71.8 Å². The average Bonchev–Trinajstić information content (AvgIpc) is 3.30. The maximum atomic E-state index is 13.6. The van der Waals surface area contributed by atoms with Gasteiger partial charge in [-0.3, -0.25) is 9.59 Å². The third-order valence-electron chi connectivity index (χ3n) is 5.96. The van der Waals surface area contributed by atoms with Crippen LogP contribution < -0.4 is 0 Å². The fourth-order valence-electron chi connectivity index (χ4n) is 4.22. The third kappa shape index (κ3) is 5.28. The van der Waals surface area contributed by atoms with Gasteiger partial charge in [-0.1, -0.05) is 37.1 Å². The Labute approximate surface area is 202 Å². The number of unbranched alkanes of at least 4 members (excludes halogenated alkanes) is 1. The third-order valence-corrected chi connectivity index (χ3v) is 7.21. The van der Waals surface area contributed by atoms with Crippen molar-refractivity contribution in [3.8, 4) is 0 Å². The summed E-state index contributed by atoms with van der Waals surface area (Å²) in [6.45, 7) is 3.12.